The minimum absolute atomic E-state index is 0.164. The van der Waals surface area contributed by atoms with Crippen LogP contribution in [0.5, 0.6) is 0 Å². The van der Waals surface area contributed by atoms with Crippen LogP contribution in [0, 0.1) is 0 Å². The number of hydrogen-bond donors (Lipinski definition) is 1. The lowest BCUT2D eigenvalue weighted by Gasteiger charge is -2.07. The van der Waals surface area contributed by atoms with Gasteiger partial charge in [-0.05, 0) is 17.7 Å². The van der Waals surface area contributed by atoms with Crippen molar-refractivity contribution >= 4 is 11.9 Å². The molecule has 5 nitrogen and oxygen atoms in total. The molecule has 0 bridgehead atoms. The number of hydroxylamine groups is 1. The summed E-state index contributed by atoms with van der Waals surface area (Å²) in [5.74, 6) is -0.815. The quantitative estimate of drug-likeness (QED) is 0.382. The standard InChI is InChI=1S/C16H15NO4/c18-15(11-13-7-3-1-4-8-13)20-12-21-17-16(19)14-9-5-2-6-10-14/h1-10H,11-12H2,(H,17,19). The molecule has 0 fully saturated rings. The molecule has 0 aliphatic heterocycles. The molecule has 0 radical (unpaired) electrons. The molecule has 0 heterocycles. The highest BCUT2D eigenvalue weighted by atomic mass is 16.8. The molecular formula is C16H15NO4. The number of carbonyl (C=O) groups excluding carboxylic acids is 2. The lowest BCUT2D eigenvalue weighted by Crippen LogP contribution is -2.26. The maximum atomic E-state index is 11.6. The van der Waals surface area contributed by atoms with Gasteiger partial charge in [0, 0.05) is 5.56 Å². The fourth-order valence-corrected chi connectivity index (χ4v) is 1.65. The van der Waals surface area contributed by atoms with Crippen LogP contribution in [0.1, 0.15) is 15.9 Å². The van der Waals surface area contributed by atoms with Crippen LogP contribution in [-0.2, 0) is 20.8 Å². The van der Waals surface area contributed by atoms with Crippen LogP contribution in [0.25, 0.3) is 0 Å². The van der Waals surface area contributed by atoms with E-state index in [9.17, 15) is 9.59 Å². The van der Waals surface area contributed by atoms with Crippen molar-refractivity contribution in [2.45, 2.75) is 6.42 Å². The molecule has 1 N–H and O–H groups in total. The van der Waals surface area contributed by atoms with Gasteiger partial charge in [0.1, 0.15) is 0 Å². The average molecular weight is 285 g/mol. The lowest BCUT2D eigenvalue weighted by molar-refractivity contribution is -0.160. The second-order valence-electron chi connectivity index (χ2n) is 4.24. The third-order valence-corrected chi connectivity index (χ3v) is 2.67. The summed E-state index contributed by atoms with van der Waals surface area (Å²) < 4.78 is 4.86. The number of hydrogen-bond acceptors (Lipinski definition) is 4. The van der Waals surface area contributed by atoms with Gasteiger partial charge >= 0.3 is 5.97 Å². The third kappa shape index (κ3) is 5.08. The second kappa shape index (κ2) is 7.81. The lowest BCUT2D eigenvalue weighted by atomic mass is 10.2. The van der Waals surface area contributed by atoms with E-state index < -0.39 is 11.9 Å². The summed E-state index contributed by atoms with van der Waals surface area (Å²) >= 11 is 0. The number of benzene rings is 2. The molecule has 0 spiro atoms. The molecule has 2 aromatic carbocycles. The summed E-state index contributed by atoms with van der Waals surface area (Å²) in [6.07, 6.45) is 0.164. The van der Waals surface area contributed by atoms with Gasteiger partial charge in [0.2, 0.25) is 6.79 Å². The highest BCUT2D eigenvalue weighted by Gasteiger charge is 2.06. The molecule has 0 aliphatic rings. The van der Waals surface area contributed by atoms with E-state index in [1.807, 2.05) is 36.4 Å². The zero-order chi connectivity index (χ0) is 14.9. The Balaban J connectivity index is 1.66. The zero-order valence-electron chi connectivity index (χ0n) is 11.3. The first-order valence-electron chi connectivity index (χ1n) is 6.42. The first kappa shape index (κ1) is 14.7. The van der Waals surface area contributed by atoms with Crippen molar-refractivity contribution in [2.75, 3.05) is 6.79 Å². The Bertz CT molecular complexity index is 584. The van der Waals surface area contributed by atoms with E-state index in [0.717, 1.165) is 5.56 Å². The van der Waals surface area contributed by atoms with Crippen LogP contribution in [0.15, 0.2) is 60.7 Å². The van der Waals surface area contributed by atoms with Gasteiger partial charge < -0.3 is 4.74 Å². The Kier molecular flexibility index (Phi) is 5.49. The van der Waals surface area contributed by atoms with Gasteiger partial charge in [-0.15, -0.1) is 0 Å². The van der Waals surface area contributed by atoms with Gasteiger partial charge in [-0.1, -0.05) is 48.5 Å². The number of amides is 1. The van der Waals surface area contributed by atoms with Crippen molar-refractivity contribution in [2.24, 2.45) is 0 Å². The smallest absolute Gasteiger partial charge is 0.312 e. The van der Waals surface area contributed by atoms with E-state index in [1.54, 1.807) is 24.3 Å². The first-order chi connectivity index (χ1) is 10.3. The van der Waals surface area contributed by atoms with E-state index in [2.05, 4.69) is 5.48 Å². The Hall–Kier alpha value is -2.66. The predicted molar refractivity (Wildman–Crippen MR) is 76.1 cm³/mol. The molecule has 1 amide bonds. The molecule has 0 aliphatic carbocycles. The van der Waals surface area contributed by atoms with E-state index in [-0.39, 0.29) is 13.2 Å². The Morgan fingerprint density at radius 1 is 0.905 bits per heavy atom. The monoisotopic (exact) mass is 285 g/mol. The maximum Gasteiger partial charge on any atom is 0.312 e. The van der Waals surface area contributed by atoms with E-state index >= 15 is 0 Å². The molecule has 0 saturated heterocycles. The van der Waals surface area contributed by atoms with E-state index in [1.165, 1.54) is 0 Å². The maximum absolute atomic E-state index is 11.6. The second-order valence-corrected chi connectivity index (χ2v) is 4.24. The molecule has 0 aromatic heterocycles. The van der Waals surface area contributed by atoms with Gasteiger partial charge in [0.05, 0.1) is 6.42 Å². The largest absolute Gasteiger partial charge is 0.436 e. The highest BCUT2D eigenvalue weighted by molar-refractivity contribution is 5.93. The summed E-state index contributed by atoms with van der Waals surface area (Å²) in [4.78, 5) is 27.9. The van der Waals surface area contributed by atoms with Gasteiger partial charge in [-0.25, -0.2) is 10.3 Å². The number of ether oxygens (including phenoxy) is 1. The Labute approximate surface area is 122 Å². The summed E-state index contributed by atoms with van der Waals surface area (Å²) in [5, 5.41) is 0. The SMILES string of the molecule is O=C(Cc1ccccc1)OCONC(=O)c1ccccc1. The van der Waals surface area contributed by atoms with E-state index in [4.69, 9.17) is 9.57 Å². The number of nitrogens with one attached hydrogen (secondary N) is 1. The summed E-state index contributed by atoms with van der Waals surface area (Å²) in [6, 6.07) is 17.8. The molecule has 108 valence electrons. The van der Waals surface area contributed by atoms with Gasteiger partial charge in [-0.2, -0.15) is 0 Å². The van der Waals surface area contributed by atoms with Crippen molar-refractivity contribution in [3.8, 4) is 0 Å². The molecule has 0 saturated carbocycles. The van der Waals surface area contributed by atoms with Crippen LogP contribution < -0.4 is 5.48 Å². The van der Waals surface area contributed by atoms with Gasteiger partial charge in [0.15, 0.2) is 0 Å². The van der Waals surface area contributed by atoms with Crippen molar-refractivity contribution in [3.63, 3.8) is 0 Å². The molecule has 0 atom stereocenters. The van der Waals surface area contributed by atoms with Crippen LogP contribution in [0.3, 0.4) is 0 Å². The first-order valence-corrected chi connectivity index (χ1v) is 6.42. The van der Waals surface area contributed by atoms with Crippen molar-refractivity contribution in [1.82, 2.24) is 5.48 Å². The normalized spacial score (nSPS) is 9.90. The molecule has 5 heteroatoms. The zero-order valence-corrected chi connectivity index (χ0v) is 11.3. The van der Waals surface area contributed by atoms with Crippen molar-refractivity contribution in [1.29, 1.82) is 0 Å². The van der Waals surface area contributed by atoms with Crippen LogP contribution in [0.2, 0.25) is 0 Å². The van der Waals surface area contributed by atoms with Crippen LogP contribution >= 0.6 is 0 Å². The highest BCUT2D eigenvalue weighted by Crippen LogP contribution is 2.01. The Morgan fingerprint density at radius 2 is 1.52 bits per heavy atom. The molecular weight excluding hydrogens is 270 g/mol. The summed E-state index contributed by atoms with van der Waals surface area (Å²) in [7, 11) is 0. The fourth-order valence-electron chi connectivity index (χ4n) is 1.65. The number of esters is 1. The topological polar surface area (TPSA) is 64.6 Å². The van der Waals surface area contributed by atoms with Crippen LogP contribution in [0.4, 0.5) is 0 Å². The third-order valence-electron chi connectivity index (χ3n) is 2.67. The van der Waals surface area contributed by atoms with E-state index in [0.29, 0.717) is 5.56 Å². The molecule has 0 unspecified atom stereocenters. The number of rotatable bonds is 6. The van der Waals surface area contributed by atoms with Crippen molar-refractivity contribution in [3.05, 3.63) is 71.8 Å². The minimum atomic E-state index is -0.421. The Morgan fingerprint density at radius 3 is 2.19 bits per heavy atom. The minimum Gasteiger partial charge on any atom is -0.436 e. The number of carbonyl (C=O) groups is 2. The van der Waals surface area contributed by atoms with Crippen molar-refractivity contribution < 1.29 is 19.2 Å². The predicted octanol–water partition coefficient (Wildman–Crippen LogP) is 2.09. The van der Waals surface area contributed by atoms with Crippen LogP contribution in [-0.4, -0.2) is 18.7 Å². The van der Waals surface area contributed by atoms with Gasteiger partial charge in [-0.3, -0.25) is 9.59 Å². The molecule has 2 aromatic rings. The average Bonchev–Trinajstić information content (AvgIpc) is 2.53. The summed E-state index contributed by atoms with van der Waals surface area (Å²) in [6.45, 7) is -0.329. The van der Waals surface area contributed by atoms with Gasteiger partial charge in [0.25, 0.3) is 5.91 Å². The molecule has 21 heavy (non-hydrogen) atoms. The summed E-state index contributed by atoms with van der Waals surface area (Å²) in [5.41, 5.74) is 3.53. The molecule has 2 rings (SSSR count). The fraction of sp³-hybridized carbons (Fsp3) is 0.125.